The van der Waals surface area contributed by atoms with E-state index in [1.54, 1.807) is 11.8 Å². The Hall–Kier alpha value is -3.05. The van der Waals surface area contributed by atoms with E-state index in [2.05, 4.69) is 6.07 Å². The molecule has 1 fully saturated rings. The van der Waals surface area contributed by atoms with Crippen LogP contribution in [0.2, 0.25) is 0 Å². The molecule has 0 radical (unpaired) electrons. The molecule has 0 atom stereocenters. The van der Waals surface area contributed by atoms with Crippen molar-refractivity contribution in [3.05, 3.63) is 101 Å². The van der Waals surface area contributed by atoms with E-state index in [-0.39, 0.29) is 5.78 Å². The number of rotatable bonds is 9. The maximum atomic E-state index is 12.9. The molecule has 1 heterocycles. The van der Waals surface area contributed by atoms with Crippen LogP contribution in [-0.4, -0.2) is 26.2 Å². The van der Waals surface area contributed by atoms with E-state index in [4.69, 9.17) is 0 Å². The van der Waals surface area contributed by atoms with E-state index in [9.17, 15) is 14.7 Å². The summed E-state index contributed by atoms with van der Waals surface area (Å²) in [6.07, 6.45) is 8.52. The van der Waals surface area contributed by atoms with Crippen molar-refractivity contribution in [2.24, 2.45) is 0 Å². The Bertz CT molecular complexity index is 1140. The van der Waals surface area contributed by atoms with E-state index in [1.165, 1.54) is 0 Å². The molecule has 0 unspecified atom stereocenters. The van der Waals surface area contributed by atoms with Gasteiger partial charge >= 0.3 is 5.97 Å². The third-order valence-corrected chi connectivity index (χ3v) is 7.62. The monoisotopic (exact) mass is 445 g/mol. The molecule has 4 nitrogen and oxygen atoms in total. The highest BCUT2D eigenvalue weighted by Crippen LogP contribution is 2.45. The van der Waals surface area contributed by atoms with E-state index >= 15 is 0 Å². The van der Waals surface area contributed by atoms with E-state index in [1.807, 2.05) is 84.4 Å². The van der Waals surface area contributed by atoms with Gasteiger partial charge in [0.2, 0.25) is 5.78 Å². The Morgan fingerprint density at radius 1 is 1.09 bits per heavy atom. The van der Waals surface area contributed by atoms with Crippen molar-refractivity contribution in [3.8, 4) is 0 Å². The van der Waals surface area contributed by atoms with Gasteiger partial charge in [-0.15, -0.1) is 11.8 Å². The van der Waals surface area contributed by atoms with Gasteiger partial charge in [-0.25, -0.2) is 0 Å². The van der Waals surface area contributed by atoms with Crippen LogP contribution in [0.15, 0.2) is 72.9 Å². The summed E-state index contributed by atoms with van der Waals surface area (Å²) in [4.78, 5) is 24.4. The summed E-state index contributed by atoms with van der Waals surface area (Å²) in [5.41, 5.74) is 4.69. The zero-order chi connectivity index (χ0) is 22.6. The van der Waals surface area contributed by atoms with Crippen LogP contribution in [0.25, 0.3) is 6.08 Å². The summed E-state index contributed by atoms with van der Waals surface area (Å²) in [7, 11) is 0. The van der Waals surface area contributed by atoms with Crippen molar-refractivity contribution >= 4 is 29.6 Å². The standard InChI is InChI=1S/C27H27NO3S/c1-20-10-12-23(13-11-20)25(29)24-9-4-17-28(24)16-3-8-21-6-2-7-22(18-21)19-32-27(26(30)31)14-5-15-27/h2-4,6-13,17-18H,5,14-16,19H2,1H3,(H,30,31)/b8-3+. The molecule has 1 N–H and O–H groups in total. The number of ketones is 1. The first kappa shape index (κ1) is 22.2. The van der Waals surface area contributed by atoms with Gasteiger partial charge < -0.3 is 9.67 Å². The number of carboxylic acids is 1. The Balaban J connectivity index is 1.39. The fraction of sp³-hybridized carbons (Fsp3) is 0.259. The second-order valence-electron chi connectivity index (χ2n) is 8.33. The number of hydrogen-bond donors (Lipinski definition) is 1. The molecule has 2 aromatic carbocycles. The summed E-state index contributed by atoms with van der Waals surface area (Å²) in [6, 6.07) is 19.6. The van der Waals surface area contributed by atoms with E-state index in [0.717, 1.165) is 36.0 Å². The zero-order valence-electron chi connectivity index (χ0n) is 18.2. The van der Waals surface area contributed by atoms with Gasteiger partial charge in [-0.05, 0) is 49.4 Å². The van der Waals surface area contributed by atoms with Crippen LogP contribution in [0.1, 0.15) is 52.0 Å². The van der Waals surface area contributed by atoms with E-state index < -0.39 is 10.7 Å². The van der Waals surface area contributed by atoms with Gasteiger partial charge in [-0.1, -0.05) is 66.2 Å². The average molecular weight is 446 g/mol. The molecule has 0 amide bonds. The second kappa shape index (κ2) is 9.61. The molecule has 0 spiro atoms. The van der Waals surface area contributed by atoms with Gasteiger partial charge in [0.15, 0.2) is 0 Å². The van der Waals surface area contributed by atoms with Gasteiger partial charge in [0.25, 0.3) is 0 Å². The lowest BCUT2D eigenvalue weighted by Crippen LogP contribution is -2.41. The molecule has 164 valence electrons. The Labute approximate surface area is 193 Å². The number of benzene rings is 2. The smallest absolute Gasteiger partial charge is 0.319 e. The molecular formula is C27H27NO3S. The van der Waals surface area contributed by atoms with Crippen LogP contribution in [0, 0.1) is 6.92 Å². The van der Waals surface area contributed by atoms with Crippen molar-refractivity contribution in [2.45, 2.75) is 43.2 Å². The summed E-state index contributed by atoms with van der Waals surface area (Å²) >= 11 is 1.54. The molecule has 4 rings (SSSR count). The predicted molar refractivity (Wildman–Crippen MR) is 130 cm³/mol. The van der Waals surface area contributed by atoms with Crippen LogP contribution in [0.3, 0.4) is 0 Å². The fourth-order valence-electron chi connectivity index (χ4n) is 3.86. The maximum Gasteiger partial charge on any atom is 0.319 e. The second-order valence-corrected chi connectivity index (χ2v) is 9.69. The number of carbonyl (C=O) groups is 2. The topological polar surface area (TPSA) is 59.3 Å². The number of carbonyl (C=O) groups excluding carboxylic acids is 1. The minimum absolute atomic E-state index is 0.0192. The summed E-state index contributed by atoms with van der Waals surface area (Å²) < 4.78 is 1.35. The Kier molecular flexibility index (Phi) is 6.66. The maximum absolute atomic E-state index is 12.9. The first-order valence-electron chi connectivity index (χ1n) is 10.9. The summed E-state index contributed by atoms with van der Waals surface area (Å²) in [6.45, 7) is 2.61. The van der Waals surface area contributed by atoms with Crippen molar-refractivity contribution in [3.63, 3.8) is 0 Å². The first-order valence-corrected chi connectivity index (χ1v) is 11.8. The van der Waals surface area contributed by atoms with Gasteiger partial charge in [-0.3, -0.25) is 9.59 Å². The number of carboxylic acid groups (broad SMARTS) is 1. The van der Waals surface area contributed by atoms with Crippen LogP contribution < -0.4 is 0 Å². The lowest BCUT2D eigenvalue weighted by molar-refractivity contribution is -0.142. The van der Waals surface area contributed by atoms with Gasteiger partial charge in [-0.2, -0.15) is 0 Å². The number of hydrogen-bond acceptors (Lipinski definition) is 3. The van der Waals surface area contributed by atoms with Crippen molar-refractivity contribution in [2.75, 3.05) is 0 Å². The fourth-order valence-corrected chi connectivity index (χ4v) is 5.18. The van der Waals surface area contributed by atoms with Crippen LogP contribution >= 0.6 is 11.8 Å². The normalized spacial score (nSPS) is 14.9. The largest absolute Gasteiger partial charge is 0.480 e. The molecule has 3 aromatic rings. The number of aromatic nitrogens is 1. The highest BCUT2D eigenvalue weighted by molar-refractivity contribution is 8.00. The molecular weight excluding hydrogens is 418 g/mol. The quantitative estimate of drug-likeness (QED) is 0.412. The lowest BCUT2D eigenvalue weighted by Gasteiger charge is -2.36. The highest BCUT2D eigenvalue weighted by Gasteiger charge is 2.44. The molecule has 5 heteroatoms. The molecule has 0 saturated heterocycles. The van der Waals surface area contributed by atoms with Gasteiger partial charge in [0.05, 0.1) is 5.69 Å². The Morgan fingerprint density at radius 2 is 1.88 bits per heavy atom. The summed E-state index contributed by atoms with van der Waals surface area (Å²) in [5, 5.41) is 9.51. The van der Waals surface area contributed by atoms with Gasteiger partial charge in [0, 0.05) is 24.1 Å². The first-order chi connectivity index (χ1) is 15.5. The molecule has 1 saturated carbocycles. The van der Waals surface area contributed by atoms with E-state index in [0.29, 0.717) is 23.6 Å². The Morgan fingerprint density at radius 3 is 2.56 bits per heavy atom. The molecule has 1 aliphatic rings. The van der Waals surface area contributed by atoms with Crippen molar-refractivity contribution in [1.82, 2.24) is 4.57 Å². The zero-order valence-corrected chi connectivity index (χ0v) is 19.0. The van der Waals surface area contributed by atoms with Crippen LogP contribution in [-0.2, 0) is 17.1 Å². The molecule has 1 aromatic heterocycles. The van der Waals surface area contributed by atoms with Crippen molar-refractivity contribution in [1.29, 1.82) is 0 Å². The number of thioether (sulfide) groups is 1. The highest BCUT2D eigenvalue weighted by atomic mass is 32.2. The number of aliphatic carboxylic acids is 1. The number of nitrogens with zero attached hydrogens (tertiary/aromatic N) is 1. The third-order valence-electron chi connectivity index (χ3n) is 6.01. The lowest BCUT2D eigenvalue weighted by atomic mass is 9.84. The van der Waals surface area contributed by atoms with Crippen molar-refractivity contribution < 1.29 is 14.7 Å². The third kappa shape index (κ3) is 4.89. The molecule has 1 aliphatic carbocycles. The molecule has 0 bridgehead atoms. The number of aryl methyl sites for hydroxylation is 1. The molecule has 0 aliphatic heterocycles. The predicted octanol–water partition coefficient (Wildman–Crippen LogP) is 5.98. The van der Waals surface area contributed by atoms with Crippen LogP contribution in [0.5, 0.6) is 0 Å². The minimum atomic E-state index is -0.687. The minimum Gasteiger partial charge on any atom is -0.480 e. The SMILES string of the molecule is Cc1ccc(C(=O)c2cccn2C/C=C/c2cccc(CSC3(C(=O)O)CCC3)c2)cc1. The average Bonchev–Trinajstić information content (AvgIpc) is 3.21. The van der Waals surface area contributed by atoms with Gasteiger partial charge in [0.1, 0.15) is 4.75 Å². The van der Waals surface area contributed by atoms with Crippen LogP contribution in [0.4, 0.5) is 0 Å². The number of allylic oxidation sites excluding steroid dienone is 1. The summed E-state index contributed by atoms with van der Waals surface area (Å²) in [5.74, 6) is 0.0270. The molecule has 32 heavy (non-hydrogen) atoms.